The van der Waals surface area contributed by atoms with Gasteiger partial charge < -0.3 is 10.2 Å². The predicted octanol–water partition coefficient (Wildman–Crippen LogP) is 2.49. The molecular weight excluding hydrogens is 415 g/mol. The average Bonchev–Trinajstić information content (AvgIpc) is 3.29. The molecule has 0 bridgehead atoms. The average molecular weight is 443 g/mol. The highest BCUT2D eigenvalue weighted by Gasteiger charge is 2.51. The number of alkyl halides is 1. The lowest BCUT2D eigenvalue weighted by Crippen LogP contribution is -2.73. The third-order valence-corrected chi connectivity index (χ3v) is 7.54. The van der Waals surface area contributed by atoms with Crippen molar-refractivity contribution in [3.8, 4) is 6.07 Å². The Bertz CT molecular complexity index is 998. The van der Waals surface area contributed by atoms with Crippen LogP contribution in [0.2, 0.25) is 0 Å². The minimum Gasteiger partial charge on any atom is -0.352 e. The summed E-state index contributed by atoms with van der Waals surface area (Å²) in [7, 11) is 0. The van der Waals surface area contributed by atoms with Gasteiger partial charge in [-0.25, -0.2) is 14.4 Å². The largest absolute Gasteiger partial charge is 0.352 e. The van der Waals surface area contributed by atoms with E-state index in [1.54, 1.807) is 17.5 Å². The highest BCUT2D eigenvalue weighted by molar-refractivity contribution is 7.15. The summed E-state index contributed by atoms with van der Waals surface area (Å²) >= 11 is 1.56. The van der Waals surface area contributed by atoms with Crippen LogP contribution in [0.5, 0.6) is 0 Å². The zero-order valence-corrected chi connectivity index (χ0v) is 18.7. The third-order valence-electron chi connectivity index (χ3n) is 6.72. The smallest absolute Gasteiger partial charge is 0.229 e. The molecule has 2 aromatic heterocycles. The SMILES string of the molecule is Cc1ncc(Nc2ncc(C)c(N3CC(CC#N)(N4CCN5C[C@H](F)C[C@H]5C4)C3)n2)s1. The van der Waals surface area contributed by atoms with Gasteiger partial charge in [-0.15, -0.1) is 11.3 Å². The van der Waals surface area contributed by atoms with Gasteiger partial charge in [-0.3, -0.25) is 9.80 Å². The molecule has 0 spiro atoms. The first kappa shape index (κ1) is 20.5. The summed E-state index contributed by atoms with van der Waals surface area (Å²) in [5, 5.41) is 14.7. The van der Waals surface area contributed by atoms with Crippen LogP contribution in [-0.2, 0) is 0 Å². The molecule has 5 heterocycles. The number of hydrogen-bond acceptors (Lipinski definition) is 9. The van der Waals surface area contributed by atoms with E-state index in [4.69, 9.17) is 4.98 Å². The number of halogens is 1. The molecule has 3 saturated heterocycles. The van der Waals surface area contributed by atoms with Crippen molar-refractivity contribution in [2.24, 2.45) is 0 Å². The molecule has 1 N–H and O–H groups in total. The molecule has 3 aliphatic rings. The number of nitrogens with zero attached hydrogens (tertiary/aromatic N) is 7. The second kappa shape index (κ2) is 7.97. The number of piperazine rings is 1. The molecule has 0 aromatic carbocycles. The zero-order chi connectivity index (χ0) is 21.6. The van der Waals surface area contributed by atoms with Crippen LogP contribution in [0, 0.1) is 25.2 Å². The molecule has 8 nitrogen and oxygen atoms in total. The van der Waals surface area contributed by atoms with Gasteiger partial charge in [0.25, 0.3) is 0 Å². The van der Waals surface area contributed by atoms with Crippen molar-refractivity contribution in [3.05, 3.63) is 23.0 Å². The summed E-state index contributed by atoms with van der Waals surface area (Å²) in [6.07, 6.45) is 3.99. The maximum Gasteiger partial charge on any atom is 0.229 e. The van der Waals surface area contributed by atoms with Crippen molar-refractivity contribution in [2.75, 3.05) is 49.5 Å². The van der Waals surface area contributed by atoms with Crippen molar-refractivity contribution in [1.29, 1.82) is 5.26 Å². The van der Waals surface area contributed by atoms with E-state index in [0.29, 0.717) is 25.3 Å². The number of nitriles is 1. The fraction of sp³-hybridized carbons (Fsp3) is 0.619. The number of fused-ring (bicyclic) bond motifs is 1. The van der Waals surface area contributed by atoms with E-state index in [9.17, 15) is 9.65 Å². The maximum absolute atomic E-state index is 13.9. The first-order chi connectivity index (χ1) is 15.0. The fourth-order valence-electron chi connectivity index (χ4n) is 5.14. The van der Waals surface area contributed by atoms with Crippen molar-refractivity contribution < 1.29 is 4.39 Å². The lowest BCUT2D eigenvalue weighted by atomic mass is 9.83. The number of rotatable bonds is 5. The molecule has 0 aliphatic carbocycles. The van der Waals surface area contributed by atoms with Crippen LogP contribution in [-0.4, -0.2) is 81.8 Å². The molecule has 3 fully saturated rings. The van der Waals surface area contributed by atoms with Crippen LogP contribution >= 0.6 is 11.3 Å². The van der Waals surface area contributed by atoms with E-state index in [1.807, 2.05) is 20.0 Å². The Morgan fingerprint density at radius 1 is 1.26 bits per heavy atom. The monoisotopic (exact) mass is 442 g/mol. The predicted molar refractivity (Wildman–Crippen MR) is 119 cm³/mol. The number of hydrogen-bond donors (Lipinski definition) is 1. The second-order valence-corrected chi connectivity index (χ2v) is 10.1. The van der Waals surface area contributed by atoms with Crippen LogP contribution in [0.1, 0.15) is 23.4 Å². The van der Waals surface area contributed by atoms with Gasteiger partial charge in [0.15, 0.2) is 0 Å². The number of thiazole rings is 1. The van der Waals surface area contributed by atoms with Crippen LogP contribution in [0.3, 0.4) is 0 Å². The summed E-state index contributed by atoms with van der Waals surface area (Å²) in [4.78, 5) is 20.4. The van der Waals surface area contributed by atoms with Gasteiger partial charge in [-0.1, -0.05) is 0 Å². The minimum atomic E-state index is -0.716. The molecule has 0 radical (unpaired) electrons. The Morgan fingerprint density at radius 2 is 2.10 bits per heavy atom. The van der Waals surface area contributed by atoms with E-state index in [2.05, 4.69) is 36.1 Å². The molecule has 2 atom stereocenters. The Kier molecular flexibility index (Phi) is 5.28. The Balaban J connectivity index is 1.30. The van der Waals surface area contributed by atoms with E-state index in [1.165, 1.54) is 0 Å². The van der Waals surface area contributed by atoms with Gasteiger partial charge in [0.2, 0.25) is 5.95 Å². The first-order valence-electron chi connectivity index (χ1n) is 10.7. The van der Waals surface area contributed by atoms with E-state index in [0.717, 1.165) is 54.1 Å². The normalized spacial score (nSPS) is 25.7. The molecule has 164 valence electrons. The molecule has 3 aliphatic heterocycles. The summed E-state index contributed by atoms with van der Waals surface area (Å²) in [6.45, 7) is 8.66. The highest BCUT2D eigenvalue weighted by Crippen LogP contribution is 2.38. The van der Waals surface area contributed by atoms with Gasteiger partial charge in [0.05, 0.1) is 29.2 Å². The third kappa shape index (κ3) is 3.86. The number of aromatic nitrogens is 3. The molecule has 0 unspecified atom stereocenters. The van der Waals surface area contributed by atoms with Gasteiger partial charge in [0, 0.05) is 57.1 Å². The van der Waals surface area contributed by atoms with E-state index >= 15 is 0 Å². The lowest BCUT2D eigenvalue weighted by molar-refractivity contribution is -0.000627. The molecule has 0 saturated carbocycles. The lowest BCUT2D eigenvalue weighted by Gasteiger charge is -2.58. The minimum absolute atomic E-state index is 0.186. The fourth-order valence-corrected chi connectivity index (χ4v) is 5.81. The number of anilines is 3. The van der Waals surface area contributed by atoms with Gasteiger partial charge in [-0.2, -0.15) is 10.2 Å². The highest BCUT2D eigenvalue weighted by atomic mass is 32.1. The standard InChI is InChI=1S/C21H27FN8S/c1-14-8-25-20(26-18-9-24-15(2)31-18)27-19(14)29-12-21(13-29,3-4-23)30-6-5-28-10-16(22)7-17(28)11-30/h8-9,16-17H,3,5-7,10-13H2,1-2H3,(H,25,26,27)/t16-,17+/m1/s1. The molecule has 0 amide bonds. The van der Waals surface area contributed by atoms with Crippen LogP contribution < -0.4 is 10.2 Å². The van der Waals surface area contributed by atoms with Crippen molar-refractivity contribution in [1.82, 2.24) is 24.8 Å². The quantitative estimate of drug-likeness (QED) is 0.756. The van der Waals surface area contributed by atoms with Crippen LogP contribution in [0.15, 0.2) is 12.4 Å². The second-order valence-electron chi connectivity index (χ2n) is 8.91. The Morgan fingerprint density at radius 3 is 2.84 bits per heavy atom. The molecule has 2 aromatic rings. The summed E-state index contributed by atoms with van der Waals surface area (Å²) in [6, 6.07) is 2.67. The van der Waals surface area contributed by atoms with Crippen LogP contribution in [0.4, 0.5) is 21.2 Å². The Labute approximate surface area is 185 Å². The molecule has 10 heteroatoms. The summed E-state index contributed by atoms with van der Waals surface area (Å²) in [5.74, 6) is 1.45. The molecular formula is C21H27FN8S. The number of nitrogens with one attached hydrogen (secondary N) is 1. The van der Waals surface area contributed by atoms with Gasteiger partial charge >= 0.3 is 0 Å². The van der Waals surface area contributed by atoms with Crippen molar-refractivity contribution in [2.45, 2.75) is 44.4 Å². The van der Waals surface area contributed by atoms with Crippen LogP contribution in [0.25, 0.3) is 0 Å². The van der Waals surface area contributed by atoms with Gasteiger partial charge in [0.1, 0.15) is 17.0 Å². The summed E-state index contributed by atoms with van der Waals surface area (Å²) in [5.41, 5.74) is 0.826. The van der Waals surface area contributed by atoms with Gasteiger partial charge in [-0.05, 0) is 20.3 Å². The van der Waals surface area contributed by atoms with E-state index < -0.39 is 6.17 Å². The van der Waals surface area contributed by atoms with Crippen molar-refractivity contribution in [3.63, 3.8) is 0 Å². The zero-order valence-electron chi connectivity index (χ0n) is 17.9. The topological polar surface area (TPSA) is 84.2 Å². The maximum atomic E-state index is 13.9. The number of aryl methyl sites for hydroxylation is 2. The molecule has 5 rings (SSSR count). The van der Waals surface area contributed by atoms with E-state index in [-0.39, 0.29) is 11.6 Å². The molecule has 31 heavy (non-hydrogen) atoms. The Hall–Kier alpha value is -2.35. The van der Waals surface area contributed by atoms with Crippen molar-refractivity contribution >= 4 is 28.1 Å². The summed E-state index contributed by atoms with van der Waals surface area (Å²) < 4.78 is 13.9. The first-order valence-corrected chi connectivity index (χ1v) is 11.6.